The molecule has 0 saturated heterocycles. The number of fused-ring (bicyclic) bond motifs is 1. The van der Waals surface area contributed by atoms with E-state index in [9.17, 15) is 18.0 Å². The van der Waals surface area contributed by atoms with E-state index < -0.39 is 12.1 Å². The summed E-state index contributed by atoms with van der Waals surface area (Å²) in [6, 6.07) is 1.64. The molecule has 1 fully saturated rings. The number of carbonyl (C=O) groups excluding carboxylic acids is 1. The number of ether oxygens (including phenoxy) is 1. The zero-order valence-electron chi connectivity index (χ0n) is 15.8. The number of aliphatic carboxylic acids is 1. The average molecular weight is 427 g/mol. The maximum atomic E-state index is 12.1. The Balaban J connectivity index is 0.000000318. The molecule has 0 bridgehead atoms. The molecule has 30 heavy (non-hydrogen) atoms. The topological polar surface area (TPSA) is 119 Å². The van der Waals surface area contributed by atoms with Gasteiger partial charge in [0.1, 0.15) is 6.10 Å². The van der Waals surface area contributed by atoms with Crippen LogP contribution in [0.3, 0.4) is 0 Å². The summed E-state index contributed by atoms with van der Waals surface area (Å²) < 4.78 is 39.6. The lowest BCUT2D eigenvalue weighted by molar-refractivity contribution is -0.192. The molecule has 0 radical (unpaired) electrons. The number of halogens is 3. The van der Waals surface area contributed by atoms with E-state index in [1.165, 1.54) is 30.8 Å². The molecule has 2 aliphatic rings. The van der Waals surface area contributed by atoms with Gasteiger partial charge in [-0.25, -0.2) is 4.79 Å². The van der Waals surface area contributed by atoms with Crippen molar-refractivity contribution in [2.24, 2.45) is 5.92 Å². The van der Waals surface area contributed by atoms with Gasteiger partial charge in [0, 0.05) is 19.3 Å². The molecule has 12 heteroatoms. The van der Waals surface area contributed by atoms with Crippen LogP contribution in [0.5, 0.6) is 0 Å². The second kappa shape index (κ2) is 9.20. The number of carbonyl (C=O) groups is 2. The number of rotatable bonds is 5. The fourth-order valence-corrected chi connectivity index (χ4v) is 2.86. The zero-order chi connectivity index (χ0) is 21.7. The van der Waals surface area contributed by atoms with E-state index in [4.69, 9.17) is 14.6 Å². The summed E-state index contributed by atoms with van der Waals surface area (Å²) in [5, 5.41) is 22.1. The molecule has 1 aliphatic carbocycles. The monoisotopic (exact) mass is 427 g/mol. The highest BCUT2D eigenvalue weighted by Crippen LogP contribution is 2.32. The number of hydrogen-bond acceptors (Lipinski definition) is 6. The molecule has 2 aromatic rings. The highest BCUT2D eigenvalue weighted by Gasteiger charge is 2.38. The van der Waals surface area contributed by atoms with Gasteiger partial charge in [-0.05, 0) is 36.8 Å². The number of hydrogen-bond donors (Lipinski definition) is 2. The Morgan fingerprint density at radius 1 is 1.30 bits per heavy atom. The van der Waals surface area contributed by atoms with Crippen LogP contribution in [0.15, 0.2) is 24.7 Å². The van der Waals surface area contributed by atoms with Crippen LogP contribution in [0.1, 0.15) is 40.6 Å². The molecule has 4 rings (SSSR count). The van der Waals surface area contributed by atoms with Gasteiger partial charge in [0.25, 0.3) is 5.91 Å². The van der Waals surface area contributed by atoms with E-state index in [2.05, 4.69) is 26.8 Å². The van der Waals surface area contributed by atoms with Gasteiger partial charge in [0.2, 0.25) is 0 Å². The van der Waals surface area contributed by atoms with Crippen molar-refractivity contribution < 1.29 is 32.6 Å². The molecule has 0 spiro atoms. The van der Waals surface area contributed by atoms with Gasteiger partial charge in [-0.1, -0.05) is 0 Å². The SMILES string of the molecule is O=C(NCC1OCCc2cn(CC3CC3)nc21)c1ccnnc1.O=C(O)C(F)(F)F. The van der Waals surface area contributed by atoms with Crippen molar-refractivity contribution in [1.29, 1.82) is 0 Å². The highest BCUT2D eigenvalue weighted by atomic mass is 19.4. The van der Waals surface area contributed by atoms with Crippen molar-refractivity contribution in [1.82, 2.24) is 25.3 Å². The summed E-state index contributed by atoms with van der Waals surface area (Å²) in [4.78, 5) is 21.0. The number of carboxylic acids is 1. The minimum atomic E-state index is -5.08. The normalized spacial score (nSPS) is 18.0. The Hall–Kier alpha value is -3.02. The van der Waals surface area contributed by atoms with Crippen LogP contribution >= 0.6 is 0 Å². The first-order chi connectivity index (χ1) is 14.2. The van der Waals surface area contributed by atoms with Gasteiger partial charge in [-0.3, -0.25) is 9.48 Å². The Morgan fingerprint density at radius 2 is 2.03 bits per heavy atom. The smallest absolute Gasteiger partial charge is 0.475 e. The minimum absolute atomic E-state index is 0.173. The predicted molar refractivity (Wildman–Crippen MR) is 95.4 cm³/mol. The van der Waals surface area contributed by atoms with Crippen LogP contribution in [0.25, 0.3) is 0 Å². The summed E-state index contributed by atoms with van der Waals surface area (Å²) >= 11 is 0. The van der Waals surface area contributed by atoms with Crippen molar-refractivity contribution in [3.05, 3.63) is 41.5 Å². The van der Waals surface area contributed by atoms with Gasteiger partial charge in [-0.15, -0.1) is 0 Å². The van der Waals surface area contributed by atoms with Crippen molar-refractivity contribution in [3.63, 3.8) is 0 Å². The third-order valence-electron chi connectivity index (χ3n) is 4.54. The lowest BCUT2D eigenvalue weighted by Gasteiger charge is -2.22. The predicted octanol–water partition coefficient (Wildman–Crippen LogP) is 1.76. The number of nitrogens with one attached hydrogen (secondary N) is 1. The first-order valence-electron chi connectivity index (χ1n) is 9.27. The molecule has 1 amide bonds. The Labute approximate surface area is 169 Å². The molecular formula is C18H20F3N5O4. The van der Waals surface area contributed by atoms with E-state index in [-0.39, 0.29) is 12.0 Å². The van der Waals surface area contributed by atoms with Crippen molar-refractivity contribution >= 4 is 11.9 Å². The number of nitrogens with zero attached hydrogens (tertiary/aromatic N) is 4. The summed E-state index contributed by atoms with van der Waals surface area (Å²) in [6.07, 6.45) is 3.33. The summed E-state index contributed by atoms with van der Waals surface area (Å²) in [6.45, 7) is 2.07. The summed E-state index contributed by atoms with van der Waals surface area (Å²) in [7, 11) is 0. The van der Waals surface area contributed by atoms with Crippen LogP contribution in [0.4, 0.5) is 13.2 Å². The lowest BCUT2D eigenvalue weighted by atomic mass is 10.1. The van der Waals surface area contributed by atoms with E-state index in [1.807, 2.05) is 4.68 Å². The summed E-state index contributed by atoms with van der Waals surface area (Å²) in [5.41, 5.74) is 2.70. The minimum Gasteiger partial charge on any atom is -0.475 e. The average Bonchev–Trinajstić information content (AvgIpc) is 3.42. The second-order valence-electron chi connectivity index (χ2n) is 6.96. The molecule has 1 unspecified atom stereocenters. The fraction of sp³-hybridized carbons (Fsp3) is 0.500. The third kappa shape index (κ3) is 5.99. The van der Waals surface area contributed by atoms with Gasteiger partial charge in [-0.2, -0.15) is 28.5 Å². The molecule has 1 saturated carbocycles. The van der Waals surface area contributed by atoms with Crippen molar-refractivity contribution in [3.8, 4) is 0 Å². The largest absolute Gasteiger partial charge is 0.490 e. The number of carboxylic acid groups (broad SMARTS) is 1. The van der Waals surface area contributed by atoms with Gasteiger partial charge in [0.05, 0.1) is 30.3 Å². The Kier molecular flexibility index (Phi) is 6.65. The highest BCUT2D eigenvalue weighted by molar-refractivity contribution is 5.93. The number of amides is 1. The maximum Gasteiger partial charge on any atom is 0.490 e. The van der Waals surface area contributed by atoms with Crippen molar-refractivity contribution in [2.75, 3.05) is 13.2 Å². The van der Waals surface area contributed by atoms with Crippen LogP contribution in [0.2, 0.25) is 0 Å². The molecule has 2 N–H and O–H groups in total. The molecule has 1 atom stereocenters. The van der Waals surface area contributed by atoms with Crippen LogP contribution in [-0.4, -0.2) is 56.3 Å². The molecule has 9 nitrogen and oxygen atoms in total. The van der Waals surface area contributed by atoms with Gasteiger partial charge < -0.3 is 15.2 Å². The maximum absolute atomic E-state index is 12.1. The van der Waals surface area contributed by atoms with Crippen LogP contribution in [0, 0.1) is 5.92 Å². The number of aromatic nitrogens is 4. The Bertz CT molecular complexity index is 884. The van der Waals surface area contributed by atoms with Gasteiger partial charge in [0.15, 0.2) is 0 Å². The van der Waals surface area contributed by atoms with E-state index in [0.29, 0.717) is 18.7 Å². The lowest BCUT2D eigenvalue weighted by Crippen LogP contribution is -2.32. The first kappa shape index (κ1) is 21.7. The fourth-order valence-electron chi connectivity index (χ4n) is 2.86. The molecule has 3 heterocycles. The molecular weight excluding hydrogens is 407 g/mol. The number of alkyl halides is 3. The quantitative estimate of drug-likeness (QED) is 0.746. The molecule has 2 aromatic heterocycles. The standard InChI is InChI=1S/C16H19N5O2.C2HF3O2/c22-16(12-3-5-18-19-7-12)17-8-14-15-13(4-6-23-14)10-21(20-15)9-11-1-2-11;3-2(4,5)1(6)7/h3,5,7,10-11,14H,1-2,4,6,8-9H2,(H,17,22);(H,6,7). The van der Waals surface area contributed by atoms with E-state index in [0.717, 1.165) is 24.6 Å². The van der Waals surface area contributed by atoms with Crippen LogP contribution in [-0.2, 0) is 22.5 Å². The van der Waals surface area contributed by atoms with E-state index >= 15 is 0 Å². The zero-order valence-corrected chi connectivity index (χ0v) is 15.8. The molecule has 1 aliphatic heterocycles. The van der Waals surface area contributed by atoms with Gasteiger partial charge >= 0.3 is 12.1 Å². The Morgan fingerprint density at radius 3 is 2.63 bits per heavy atom. The van der Waals surface area contributed by atoms with Crippen molar-refractivity contribution in [2.45, 2.75) is 38.1 Å². The molecule has 0 aromatic carbocycles. The molecule has 162 valence electrons. The first-order valence-corrected chi connectivity index (χ1v) is 9.27. The second-order valence-corrected chi connectivity index (χ2v) is 6.96. The third-order valence-corrected chi connectivity index (χ3v) is 4.54. The van der Waals surface area contributed by atoms with Crippen LogP contribution < -0.4 is 5.32 Å². The van der Waals surface area contributed by atoms with E-state index in [1.54, 1.807) is 6.07 Å². The summed E-state index contributed by atoms with van der Waals surface area (Å²) in [5.74, 6) is -2.14.